The first-order valence-corrected chi connectivity index (χ1v) is 4.19. The highest BCUT2D eigenvalue weighted by molar-refractivity contribution is 5.69. The number of ether oxygens (including phenoxy) is 2. The molecule has 4 heteroatoms. The van der Waals surface area contributed by atoms with E-state index in [1.165, 1.54) is 7.11 Å². The molecule has 0 radical (unpaired) electrons. The molecule has 1 aromatic carbocycles. The van der Waals surface area contributed by atoms with E-state index in [0.29, 0.717) is 5.75 Å². The first kappa shape index (κ1) is 10.5. The summed E-state index contributed by atoms with van der Waals surface area (Å²) in [4.78, 5) is 10.8. The highest BCUT2D eigenvalue weighted by Gasteiger charge is 2.11. The van der Waals surface area contributed by atoms with Crippen molar-refractivity contribution in [1.29, 1.82) is 0 Å². The number of methoxy groups -OCH3 is 1. The zero-order valence-electron chi connectivity index (χ0n) is 7.84. The van der Waals surface area contributed by atoms with Crippen molar-refractivity contribution >= 4 is 5.97 Å². The summed E-state index contributed by atoms with van der Waals surface area (Å²) in [5, 5.41) is 9.28. The lowest BCUT2D eigenvalue weighted by Gasteiger charge is -2.11. The van der Waals surface area contributed by atoms with Gasteiger partial charge in [0.15, 0.2) is 0 Å². The quantitative estimate of drug-likeness (QED) is 0.575. The van der Waals surface area contributed by atoms with Crippen LogP contribution >= 0.6 is 0 Å². The van der Waals surface area contributed by atoms with Crippen LogP contribution in [0.1, 0.15) is 6.42 Å². The maximum atomic E-state index is 10.8. The Morgan fingerprint density at radius 3 is 2.64 bits per heavy atom. The molecule has 1 atom stereocenters. The zero-order valence-corrected chi connectivity index (χ0v) is 7.84. The van der Waals surface area contributed by atoms with Crippen molar-refractivity contribution in [2.24, 2.45) is 0 Å². The van der Waals surface area contributed by atoms with E-state index in [0.717, 1.165) is 0 Å². The molecule has 0 aliphatic rings. The normalized spacial score (nSPS) is 11.9. The van der Waals surface area contributed by atoms with Crippen molar-refractivity contribution in [3.8, 4) is 5.75 Å². The lowest BCUT2D eigenvalue weighted by molar-refractivity contribution is -0.147. The van der Waals surface area contributed by atoms with Gasteiger partial charge in [-0.1, -0.05) is 18.2 Å². The van der Waals surface area contributed by atoms with Gasteiger partial charge in [-0.05, 0) is 12.1 Å². The largest absolute Gasteiger partial charge is 0.469 e. The number of para-hydroxylation sites is 1. The van der Waals surface area contributed by atoms with Crippen molar-refractivity contribution in [2.75, 3.05) is 7.11 Å². The van der Waals surface area contributed by atoms with Gasteiger partial charge in [-0.25, -0.2) is 0 Å². The number of esters is 1. The Hall–Kier alpha value is -1.55. The van der Waals surface area contributed by atoms with Crippen LogP contribution < -0.4 is 4.74 Å². The Morgan fingerprint density at radius 1 is 1.43 bits per heavy atom. The number of rotatable bonds is 4. The van der Waals surface area contributed by atoms with Crippen LogP contribution in [0.3, 0.4) is 0 Å². The van der Waals surface area contributed by atoms with Crippen LogP contribution in [0.4, 0.5) is 0 Å². The predicted molar refractivity (Wildman–Crippen MR) is 49.7 cm³/mol. The van der Waals surface area contributed by atoms with Gasteiger partial charge in [-0.3, -0.25) is 4.79 Å². The van der Waals surface area contributed by atoms with E-state index in [4.69, 9.17) is 4.74 Å². The van der Waals surface area contributed by atoms with Crippen LogP contribution in [0.25, 0.3) is 0 Å². The summed E-state index contributed by atoms with van der Waals surface area (Å²) in [6.07, 6.45) is -1.34. The first-order valence-electron chi connectivity index (χ1n) is 4.19. The van der Waals surface area contributed by atoms with Crippen LogP contribution in [-0.4, -0.2) is 24.5 Å². The zero-order chi connectivity index (χ0) is 10.4. The first-order chi connectivity index (χ1) is 6.72. The molecular formula is C10H12O4. The van der Waals surface area contributed by atoms with Crippen LogP contribution in [0.5, 0.6) is 5.75 Å². The molecule has 4 nitrogen and oxygen atoms in total. The molecule has 0 saturated carbocycles. The Kier molecular flexibility index (Phi) is 3.94. The topological polar surface area (TPSA) is 55.8 Å². The van der Waals surface area contributed by atoms with Crippen molar-refractivity contribution in [2.45, 2.75) is 12.7 Å². The Labute approximate surface area is 82.1 Å². The molecular weight excluding hydrogens is 184 g/mol. The minimum Gasteiger partial charge on any atom is -0.469 e. The lowest BCUT2D eigenvalue weighted by Crippen LogP contribution is -2.20. The number of hydrogen-bond donors (Lipinski definition) is 1. The van der Waals surface area contributed by atoms with E-state index >= 15 is 0 Å². The molecule has 1 aromatic rings. The molecule has 0 heterocycles. The predicted octanol–water partition coefficient (Wildman–Crippen LogP) is 0.947. The second-order valence-corrected chi connectivity index (χ2v) is 2.67. The van der Waals surface area contributed by atoms with E-state index in [9.17, 15) is 9.90 Å². The summed E-state index contributed by atoms with van der Waals surface area (Å²) in [5.41, 5.74) is 0. The molecule has 0 saturated heterocycles. The number of carbonyl (C=O) groups excluding carboxylic acids is 1. The Bertz CT molecular complexity index is 283. The van der Waals surface area contributed by atoms with E-state index < -0.39 is 12.3 Å². The summed E-state index contributed by atoms with van der Waals surface area (Å²) in [5.74, 6) is 0.0114. The van der Waals surface area contributed by atoms with Crippen LogP contribution in [-0.2, 0) is 9.53 Å². The fraction of sp³-hybridized carbons (Fsp3) is 0.300. The van der Waals surface area contributed by atoms with Crippen molar-refractivity contribution in [3.05, 3.63) is 30.3 Å². The standard InChI is InChI=1S/C10H12O4/c1-13-9(11)7-10(12)14-8-5-3-2-4-6-8/h2-6,10,12H,7H2,1H3. The van der Waals surface area contributed by atoms with Crippen molar-refractivity contribution < 1.29 is 19.4 Å². The number of aliphatic hydroxyl groups excluding tert-OH is 1. The fourth-order valence-electron chi connectivity index (χ4n) is 0.924. The third-order valence-corrected chi connectivity index (χ3v) is 1.58. The van der Waals surface area contributed by atoms with Gasteiger partial charge in [-0.15, -0.1) is 0 Å². The van der Waals surface area contributed by atoms with Gasteiger partial charge in [0.1, 0.15) is 12.2 Å². The minimum atomic E-state index is -1.16. The Morgan fingerprint density at radius 2 is 2.07 bits per heavy atom. The summed E-state index contributed by atoms with van der Waals surface area (Å²) >= 11 is 0. The summed E-state index contributed by atoms with van der Waals surface area (Å²) in [7, 11) is 1.26. The second-order valence-electron chi connectivity index (χ2n) is 2.67. The molecule has 76 valence electrons. The lowest BCUT2D eigenvalue weighted by atomic mass is 10.3. The number of aliphatic hydroxyl groups is 1. The van der Waals surface area contributed by atoms with Gasteiger partial charge in [-0.2, -0.15) is 0 Å². The third-order valence-electron chi connectivity index (χ3n) is 1.58. The minimum absolute atomic E-state index is 0.175. The van der Waals surface area contributed by atoms with Gasteiger partial charge in [0.05, 0.1) is 7.11 Å². The molecule has 0 aromatic heterocycles. The van der Waals surface area contributed by atoms with E-state index in [1.54, 1.807) is 24.3 Å². The van der Waals surface area contributed by atoms with Crippen LogP contribution in [0.2, 0.25) is 0 Å². The molecule has 0 spiro atoms. The summed E-state index contributed by atoms with van der Waals surface area (Å²) < 4.78 is 9.42. The van der Waals surface area contributed by atoms with Gasteiger partial charge in [0.25, 0.3) is 0 Å². The average Bonchev–Trinajstić information content (AvgIpc) is 2.19. The van der Waals surface area contributed by atoms with Crippen molar-refractivity contribution in [1.82, 2.24) is 0 Å². The molecule has 0 aliphatic carbocycles. The monoisotopic (exact) mass is 196 g/mol. The SMILES string of the molecule is COC(=O)CC(O)Oc1ccccc1. The third kappa shape index (κ3) is 3.45. The van der Waals surface area contributed by atoms with Crippen LogP contribution in [0.15, 0.2) is 30.3 Å². The van der Waals surface area contributed by atoms with E-state index in [-0.39, 0.29) is 6.42 Å². The number of hydrogen-bond acceptors (Lipinski definition) is 4. The molecule has 0 aliphatic heterocycles. The highest BCUT2D eigenvalue weighted by Crippen LogP contribution is 2.11. The van der Waals surface area contributed by atoms with Gasteiger partial charge < -0.3 is 14.6 Å². The molecule has 1 N–H and O–H groups in total. The van der Waals surface area contributed by atoms with Crippen LogP contribution in [0, 0.1) is 0 Å². The van der Waals surface area contributed by atoms with Crippen molar-refractivity contribution in [3.63, 3.8) is 0 Å². The summed E-state index contributed by atoms with van der Waals surface area (Å²) in [6, 6.07) is 8.78. The fourth-order valence-corrected chi connectivity index (χ4v) is 0.924. The maximum absolute atomic E-state index is 10.8. The Balaban J connectivity index is 2.41. The molecule has 0 amide bonds. The molecule has 0 bridgehead atoms. The molecule has 14 heavy (non-hydrogen) atoms. The maximum Gasteiger partial charge on any atom is 0.311 e. The van der Waals surface area contributed by atoms with Gasteiger partial charge >= 0.3 is 5.97 Å². The number of benzene rings is 1. The average molecular weight is 196 g/mol. The van der Waals surface area contributed by atoms with Gasteiger partial charge in [0.2, 0.25) is 6.29 Å². The van der Waals surface area contributed by atoms with E-state index in [2.05, 4.69) is 4.74 Å². The smallest absolute Gasteiger partial charge is 0.311 e. The molecule has 1 unspecified atom stereocenters. The van der Waals surface area contributed by atoms with Gasteiger partial charge in [0, 0.05) is 0 Å². The number of carbonyl (C=O) groups is 1. The highest BCUT2D eigenvalue weighted by atomic mass is 16.6. The molecule has 0 fully saturated rings. The molecule has 1 rings (SSSR count). The summed E-state index contributed by atoms with van der Waals surface area (Å²) in [6.45, 7) is 0. The van der Waals surface area contributed by atoms with E-state index in [1.807, 2.05) is 6.07 Å². The second kappa shape index (κ2) is 5.24.